The molecular formula is C22H29FN4O3. The first kappa shape index (κ1) is 20.6. The molecule has 2 aromatic rings. The Morgan fingerprint density at radius 2 is 1.80 bits per heavy atom. The largest absolute Gasteiger partial charge is 0.444 e. The van der Waals surface area contributed by atoms with Crippen molar-refractivity contribution in [3.8, 4) is 0 Å². The molecule has 1 aliphatic heterocycles. The Hall–Kier alpha value is -2.64. The van der Waals surface area contributed by atoms with Crippen LogP contribution in [-0.2, 0) is 22.1 Å². The third kappa shape index (κ3) is 3.63. The number of nitrogens with zero attached hydrogens (tertiary/aromatic N) is 3. The first-order chi connectivity index (χ1) is 13.9. The normalized spacial score (nSPS) is 23.4. The zero-order valence-electron chi connectivity index (χ0n) is 18.3. The summed E-state index contributed by atoms with van der Waals surface area (Å²) >= 11 is 0. The Kier molecular flexibility index (Phi) is 4.60. The maximum absolute atomic E-state index is 13.6. The molecule has 1 saturated carbocycles. The molecule has 2 fully saturated rings. The predicted octanol–water partition coefficient (Wildman–Crippen LogP) is 3.18. The number of benzene rings is 1. The van der Waals surface area contributed by atoms with Gasteiger partial charge in [0.15, 0.2) is 0 Å². The van der Waals surface area contributed by atoms with Crippen LogP contribution in [0.25, 0.3) is 10.9 Å². The number of nitrogens with one attached hydrogen (secondary N) is 1. The molecule has 1 saturated heterocycles. The van der Waals surface area contributed by atoms with E-state index in [1.54, 1.807) is 22.7 Å². The summed E-state index contributed by atoms with van der Waals surface area (Å²) in [5.74, 6) is -0.111. The van der Waals surface area contributed by atoms with Crippen molar-refractivity contribution in [1.29, 1.82) is 0 Å². The molecule has 2 amide bonds. The fraction of sp³-hybridized carbons (Fsp3) is 0.591. The molecule has 2 heterocycles. The zero-order valence-corrected chi connectivity index (χ0v) is 18.3. The Bertz CT molecular complexity index is 1010. The summed E-state index contributed by atoms with van der Waals surface area (Å²) in [6.45, 7) is 10.4. The van der Waals surface area contributed by atoms with Gasteiger partial charge in [-0.1, -0.05) is 0 Å². The number of aryl methyl sites for hydroxylation is 1. The molecule has 0 radical (unpaired) electrons. The fourth-order valence-electron chi connectivity index (χ4n) is 4.53. The van der Waals surface area contributed by atoms with E-state index in [1.807, 2.05) is 34.6 Å². The number of halogens is 1. The minimum absolute atomic E-state index is 0.0280. The Balaban J connectivity index is 1.42. The van der Waals surface area contributed by atoms with Crippen LogP contribution >= 0.6 is 0 Å². The van der Waals surface area contributed by atoms with Gasteiger partial charge in [-0.25, -0.2) is 9.18 Å². The summed E-state index contributed by atoms with van der Waals surface area (Å²) in [5.41, 5.74) is 0.146. The first-order valence-corrected chi connectivity index (χ1v) is 10.3. The van der Waals surface area contributed by atoms with Crippen molar-refractivity contribution in [2.75, 3.05) is 13.1 Å². The molecule has 2 aliphatic rings. The van der Waals surface area contributed by atoms with E-state index in [2.05, 4.69) is 10.4 Å². The van der Waals surface area contributed by atoms with E-state index in [0.717, 1.165) is 5.39 Å². The van der Waals surface area contributed by atoms with E-state index in [9.17, 15) is 14.0 Å². The number of fused-ring (bicyclic) bond motifs is 2. The molecule has 2 atom stereocenters. The molecule has 0 spiro atoms. The number of carbonyl (C=O) groups is 2. The molecule has 1 aromatic carbocycles. The summed E-state index contributed by atoms with van der Waals surface area (Å²) in [4.78, 5) is 26.9. The number of ether oxygens (including phenoxy) is 1. The molecule has 7 nitrogen and oxygen atoms in total. The number of likely N-dealkylation sites (tertiary alicyclic amines) is 1. The van der Waals surface area contributed by atoms with Crippen molar-refractivity contribution in [2.45, 2.75) is 45.8 Å². The van der Waals surface area contributed by atoms with Gasteiger partial charge in [-0.2, -0.15) is 5.10 Å². The lowest BCUT2D eigenvalue weighted by Gasteiger charge is -2.27. The smallest absolute Gasteiger partial charge is 0.410 e. The number of aromatic nitrogens is 2. The van der Waals surface area contributed by atoms with Crippen molar-refractivity contribution < 1.29 is 18.7 Å². The molecule has 0 bridgehead atoms. The van der Waals surface area contributed by atoms with Crippen LogP contribution in [0.15, 0.2) is 18.2 Å². The minimum Gasteiger partial charge on any atom is -0.444 e. The van der Waals surface area contributed by atoms with Gasteiger partial charge in [0.05, 0.1) is 16.7 Å². The second kappa shape index (κ2) is 6.68. The molecule has 1 aliphatic carbocycles. The van der Waals surface area contributed by atoms with E-state index in [-0.39, 0.29) is 35.6 Å². The van der Waals surface area contributed by atoms with Gasteiger partial charge in [0, 0.05) is 31.4 Å². The number of carbonyl (C=O) groups excluding carboxylic acids is 2. The third-order valence-corrected chi connectivity index (χ3v) is 5.99. The second-order valence-corrected chi connectivity index (χ2v) is 9.99. The average Bonchev–Trinajstić information content (AvgIpc) is 2.94. The Labute approximate surface area is 175 Å². The Morgan fingerprint density at radius 3 is 2.40 bits per heavy atom. The summed E-state index contributed by atoms with van der Waals surface area (Å²) < 4.78 is 20.7. The lowest BCUT2D eigenvalue weighted by atomic mass is 9.96. The van der Waals surface area contributed by atoms with Crippen LogP contribution in [0.2, 0.25) is 0 Å². The van der Waals surface area contributed by atoms with Crippen molar-refractivity contribution in [3.63, 3.8) is 0 Å². The lowest BCUT2D eigenvalue weighted by Crippen LogP contribution is -2.44. The molecule has 30 heavy (non-hydrogen) atoms. The second-order valence-electron chi connectivity index (χ2n) is 9.99. The third-order valence-electron chi connectivity index (χ3n) is 5.99. The number of amides is 2. The molecule has 162 valence electrons. The monoisotopic (exact) mass is 416 g/mol. The van der Waals surface area contributed by atoms with Gasteiger partial charge in [-0.05, 0) is 64.7 Å². The first-order valence-electron chi connectivity index (χ1n) is 10.3. The predicted molar refractivity (Wildman–Crippen MR) is 110 cm³/mol. The summed E-state index contributed by atoms with van der Waals surface area (Å²) in [5, 5.41) is 8.48. The zero-order chi connectivity index (χ0) is 22.0. The van der Waals surface area contributed by atoms with Crippen molar-refractivity contribution >= 4 is 22.9 Å². The molecule has 4 rings (SSSR count). The topological polar surface area (TPSA) is 76.5 Å². The van der Waals surface area contributed by atoms with Gasteiger partial charge in [0.1, 0.15) is 11.4 Å². The highest BCUT2D eigenvalue weighted by Gasteiger charge is 2.61. The van der Waals surface area contributed by atoms with Crippen molar-refractivity contribution in [3.05, 3.63) is 29.7 Å². The number of rotatable bonds is 3. The van der Waals surface area contributed by atoms with Gasteiger partial charge >= 0.3 is 6.09 Å². The van der Waals surface area contributed by atoms with Crippen LogP contribution in [0.3, 0.4) is 0 Å². The van der Waals surface area contributed by atoms with Crippen LogP contribution in [0.1, 0.15) is 40.3 Å². The SMILES string of the molecule is Cn1nc(C(C)(C)NC(=O)C2C3CN(C(=O)OC(C)(C)C)CC32)c2ccc(F)cc21. The van der Waals surface area contributed by atoms with E-state index in [0.29, 0.717) is 24.3 Å². The van der Waals surface area contributed by atoms with E-state index >= 15 is 0 Å². The van der Waals surface area contributed by atoms with Gasteiger partial charge in [0.2, 0.25) is 5.91 Å². The highest BCUT2D eigenvalue weighted by atomic mass is 19.1. The minimum atomic E-state index is -0.712. The van der Waals surface area contributed by atoms with E-state index in [1.165, 1.54) is 12.1 Å². The van der Waals surface area contributed by atoms with E-state index in [4.69, 9.17) is 4.74 Å². The maximum atomic E-state index is 13.6. The van der Waals surface area contributed by atoms with Gasteiger partial charge in [0.25, 0.3) is 0 Å². The number of piperidine rings is 1. The number of hydrogen-bond acceptors (Lipinski definition) is 4. The van der Waals surface area contributed by atoms with E-state index < -0.39 is 11.1 Å². The highest BCUT2D eigenvalue weighted by molar-refractivity contribution is 5.86. The van der Waals surface area contributed by atoms with Gasteiger partial charge in [-0.3, -0.25) is 9.48 Å². The van der Waals surface area contributed by atoms with Gasteiger partial charge in [-0.15, -0.1) is 0 Å². The van der Waals surface area contributed by atoms with Crippen molar-refractivity contribution in [1.82, 2.24) is 20.0 Å². The quantitative estimate of drug-likeness (QED) is 0.834. The Morgan fingerprint density at radius 1 is 1.17 bits per heavy atom. The molecule has 2 unspecified atom stereocenters. The molecular weight excluding hydrogens is 387 g/mol. The summed E-state index contributed by atoms with van der Waals surface area (Å²) in [6.07, 6.45) is -0.318. The van der Waals surface area contributed by atoms with Crippen LogP contribution < -0.4 is 5.32 Å². The van der Waals surface area contributed by atoms with Gasteiger partial charge < -0.3 is 15.0 Å². The van der Waals surface area contributed by atoms with Crippen molar-refractivity contribution in [2.24, 2.45) is 24.8 Å². The lowest BCUT2D eigenvalue weighted by molar-refractivity contribution is -0.125. The highest BCUT2D eigenvalue weighted by Crippen LogP contribution is 2.52. The maximum Gasteiger partial charge on any atom is 0.410 e. The summed E-state index contributed by atoms with van der Waals surface area (Å²) in [6, 6.07) is 4.55. The fourth-order valence-corrected chi connectivity index (χ4v) is 4.53. The average molecular weight is 416 g/mol. The van der Waals surface area contributed by atoms with Crippen LogP contribution in [0.5, 0.6) is 0 Å². The summed E-state index contributed by atoms with van der Waals surface area (Å²) in [7, 11) is 1.76. The van der Waals surface area contributed by atoms with Crippen LogP contribution in [0.4, 0.5) is 9.18 Å². The molecule has 8 heteroatoms. The number of hydrogen-bond donors (Lipinski definition) is 1. The van der Waals surface area contributed by atoms with Crippen LogP contribution in [0, 0.1) is 23.6 Å². The standard InChI is InChI=1S/C22H29FN4O3/c1-21(2,3)30-20(29)27-10-14-15(11-27)17(14)19(28)24-22(4,5)18-13-8-7-12(23)9-16(13)26(6)25-18/h7-9,14-15,17H,10-11H2,1-6H3,(H,24,28). The van der Waals surface area contributed by atoms with Crippen LogP contribution in [-0.4, -0.2) is 45.4 Å². The molecule has 1 aromatic heterocycles. The molecule has 1 N–H and O–H groups in total.